The van der Waals surface area contributed by atoms with Crippen molar-refractivity contribution in [1.82, 2.24) is 30.2 Å². The number of nitrogens with one attached hydrogen (secondary N) is 2. The van der Waals surface area contributed by atoms with E-state index in [1.54, 1.807) is 0 Å². The van der Waals surface area contributed by atoms with Crippen LogP contribution in [0, 0.1) is 0 Å². The number of nitrogens with zero attached hydrogens (tertiary/aromatic N) is 5. The summed E-state index contributed by atoms with van der Waals surface area (Å²) >= 11 is 0. The average Bonchev–Trinajstić information content (AvgIpc) is 3.46. The van der Waals surface area contributed by atoms with Crippen LogP contribution < -0.4 is 15.8 Å². The van der Waals surface area contributed by atoms with E-state index in [-0.39, 0.29) is 18.0 Å². The Kier molecular flexibility index (Phi) is 6.31. The third-order valence-electron chi connectivity index (χ3n) is 5.60. The SMILES string of the molecule is CC(C)c1cc(Cc2c(Nc3cc(C(C)C)[nH]n3)nc(N)nc2OC2CCN(C)C2)on1. The standard InChI is InChI=1S/C22H32N8O2/c1-12(2)17-10-19(28-27-17)24-20-16(8-15-9-18(13(3)4)29-32-15)21(26-22(23)25-20)31-14-6-7-30(5)11-14/h9-10,12-14H,6-8,11H2,1-5H3,(H4,23,24,25,26,27,28). The van der Waals surface area contributed by atoms with Crippen LogP contribution in [0.15, 0.2) is 16.7 Å². The molecule has 32 heavy (non-hydrogen) atoms. The molecule has 1 fully saturated rings. The smallest absolute Gasteiger partial charge is 0.225 e. The number of H-pyrrole nitrogens is 1. The van der Waals surface area contributed by atoms with E-state index in [4.69, 9.17) is 15.0 Å². The first kappa shape index (κ1) is 22.1. The molecular formula is C22H32N8O2. The summed E-state index contributed by atoms with van der Waals surface area (Å²) in [6, 6.07) is 3.92. The lowest BCUT2D eigenvalue weighted by Gasteiger charge is -2.18. The van der Waals surface area contributed by atoms with Crippen LogP contribution in [0.25, 0.3) is 0 Å². The maximum absolute atomic E-state index is 6.30. The summed E-state index contributed by atoms with van der Waals surface area (Å²) in [5.41, 5.74) is 8.74. The first-order valence-corrected chi connectivity index (χ1v) is 11.1. The van der Waals surface area contributed by atoms with Crippen molar-refractivity contribution in [2.45, 2.75) is 58.5 Å². The molecule has 3 aromatic heterocycles. The Morgan fingerprint density at radius 1 is 1.25 bits per heavy atom. The largest absolute Gasteiger partial charge is 0.473 e. The van der Waals surface area contributed by atoms with Gasteiger partial charge in [0.15, 0.2) is 5.82 Å². The van der Waals surface area contributed by atoms with Gasteiger partial charge in [0, 0.05) is 37.3 Å². The van der Waals surface area contributed by atoms with Crippen molar-refractivity contribution >= 4 is 17.6 Å². The number of ether oxygens (including phenoxy) is 1. The number of likely N-dealkylation sites (N-methyl/N-ethyl adjacent to an activating group) is 1. The van der Waals surface area contributed by atoms with Crippen LogP contribution >= 0.6 is 0 Å². The molecule has 1 atom stereocenters. The van der Waals surface area contributed by atoms with Crippen LogP contribution in [0.2, 0.25) is 0 Å². The maximum atomic E-state index is 6.30. The van der Waals surface area contributed by atoms with Crippen molar-refractivity contribution in [3.05, 3.63) is 34.8 Å². The molecule has 0 aliphatic carbocycles. The second kappa shape index (κ2) is 9.15. The number of aromatic nitrogens is 5. The van der Waals surface area contributed by atoms with E-state index in [0.717, 1.165) is 36.5 Å². The molecule has 0 spiro atoms. The van der Waals surface area contributed by atoms with Crippen molar-refractivity contribution < 1.29 is 9.26 Å². The molecule has 1 unspecified atom stereocenters. The van der Waals surface area contributed by atoms with E-state index >= 15 is 0 Å². The minimum atomic E-state index is 0.0415. The minimum absolute atomic E-state index is 0.0415. The molecule has 172 valence electrons. The van der Waals surface area contributed by atoms with Crippen molar-refractivity contribution in [2.24, 2.45) is 0 Å². The summed E-state index contributed by atoms with van der Waals surface area (Å²) in [6.45, 7) is 10.2. The summed E-state index contributed by atoms with van der Waals surface area (Å²) in [4.78, 5) is 11.1. The van der Waals surface area contributed by atoms with Gasteiger partial charge < -0.3 is 25.2 Å². The van der Waals surface area contributed by atoms with Gasteiger partial charge in [-0.3, -0.25) is 5.10 Å². The summed E-state index contributed by atoms with van der Waals surface area (Å²) in [5, 5.41) is 14.9. The fraction of sp³-hybridized carbons (Fsp3) is 0.545. The molecule has 0 bridgehead atoms. The molecule has 1 aliphatic heterocycles. The van der Waals surface area contributed by atoms with Gasteiger partial charge in [0.05, 0.1) is 11.3 Å². The lowest BCUT2D eigenvalue weighted by Crippen LogP contribution is -2.23. The number of hydrogen-bond acceptors (Lipinski definition) is 9. The average molecular weight is 441 g/mol. The first-order valence-electron chi connectivity index (χ1n) is 11.1. The molecule has 0 aromatic carbocycles. The summed E-state index contributed by atoms with van der Waals surface area (Å²) in [6.07, 6.45) is 1.39. The predicted molar refractivity (Wildman–Crippen MR) is 122 cm³/mol. The molecular weight excluding hydrogens is 408 g/mol. The topological polar surface area (TPSA) is 131 Å². The molecule has 1 saturated heterocycles. The molecule has 10 heteroatoms. The molecule has 4 heterocycles. The van der Waals surface area contributed by atoms with Gasteiger partial charge in [-0.15, -0.1) is 0 Å². The van der Waals surface area contributed by atoms with Gasteiger partial charge in [-0.25, -0.2) is 0 Å². The Balaban J connectivity index is 1.68. The molecule has 4 N–H and O–H groups in total. The van der Waals surface area contributed by atoms with Gasteiger partial charge in [0.1, 0.15) is 17.7 Å². The van der Waals surface area contributed by atoms with E-state index in [2.05, 4.69) is 70.3 Å². The zero-order valence-electron chi connectivity index (χ0n) is 19.3. The lowest BCUT2D eigenvalue weighted by atomic mass is 10.1. The molecule has 1 aliphatic rings. The Labute approximate surface area is 187 Å². The van der Waals surface area contributed by atoms with Gasteiger partial charge >= 0.3 is 0 Å². The van der Waals surface area contributed by atoms with Crippen LogP contribution in [0.1, 0.15) is 68.7 Å². The van der Waals surface area contributed by atoms with Gasteiger partial charge in [-0.05, 0) is 25.3 Å². The number of nitrogens with two attached hydrogens (primary N) is 1. The number of likely N-dealkylation sites (tertiary alicyclic amines) is 1. The van der Waals surface area contributed by atoms with Gasteiger partial charge in [-0.2, -0.15) is 15.1 Å². The highest BCUT2D eigenvalue weighted by Crippen LogP contribution is 2.31. The highest BCUT2D eigenvalue weighted by Gasteiger charge is 2.26. The molecule has 0 saturated carbocycles. The zero-order valence-corrected chi connectivity index (χ0v) is 19.3. The van der Waals surface area contributed by atoms with E-state index in [1.165, 1.54) is 0 Å². The van der Waals surface area contributed by atoms with E-state index in [0.29, 0.717) is 35.6 Å². The fourth-order valence-corrected chi connectivity index (χ4v) is 3.67. The highest BCUT2D eigenvalue weighted by atomic mass is 16.5. The highest BCUT2D eigenvalue weighted by molar-refractivity contribution is 5.61. The van der Waals surface area contributed by atoms with Crippen LogP contribution in [0.5, 0.6) is 5.88 Å². The summed E-state index contributed by atoms with van der Waals surface area (Å²) in [5.74, 6) is 3.11. The minimum Gasteiger partial charge on any atom is -0.473 e. The molecule has 4 rings (SSSR count). The lowest BCUT2D eigenvalue weighted by molar-refractivity contribution is 0.198. The van der Waals surface area contributed by atoms with Gasteiger partial charge in [-0.1, -0.05) is 32.9 Å². The van der Waals surface area contributed by atoms with Crippen molar-refractivity contribution in [3.63, 3.8) is 0 Å². The number of aromatic amines is 1. The predicted octanol–water partition coefficient (Wildman–Crippen LogP) is 3.43. The molecule has 10 nitrogen and oxygen atoms in total. The van der Waals surface area contributed by atoms with Crippen molar-refractivity contribution in [3.8, 4) is 5.88 Å². The first-order chi connectivity index (χ1) is 15.3. The molecule has 0 amide bonds. The van der Waals surface area contributed by atoms with E-state index < -0.39 is 0 Å². The fourth-order valence-electron chi connectivity index (χ4n) is 3.67. The molecule has 0 radical (unpaired) electrons. The third-order valence-corrected chi connectivity index (χ3v) is 5.60. The number of hydrogen-bond donors (Lipinski definition) is 3. The maximum Gasteiger partial charge on any atom is 0.225 e. The zero-order chi connectivity index (χ0) is 22.8. The second-order valence-electron chi connectivity index (χ2n) is 9.04. The van der Waals surface area contributed by atoms with Crippen LogP contribution in [0.4, 0.5) is 17.6 Å². The Bertz CT molecular complexity index is 1060. The van der Waals surface area contributed by atoms with Gasteiger partial charge in [0.2, 0.25) is 11.8 Å². The van der Waals surface area contributed by atoms with Crippen molar-refractivity contribution in [2.75, 3.05) is 31.2 Å². The second-order valence-corrected chi connectivity index (χ2v) is 9.04. The number of rotatable bonds is 8. The van der Waals surface area contributed by atoms with Crippen LogP contribution in [-0.4, -0.2) is 56.5 Å². The van der Waals surface area contributed by atoms with Gasteiger partial charge in [0.25, 0.3) is 0 Å². The monoisotopic (exact) mass is 440 g/mol. The normalized spacial score (nSPS) is 16.9. The quantitative estimate of drug-likeness (QED) is 0.482. The van der Waals surface area contributed by atoms with Crippen molar-refractivity contribution in [1.29, 1.82) is 0 Å². The van der Waals surface area contributed by atoms with Crippen LogP contribution in [0.3, 0.4) is 0 Å². The summed E-state index contributed by atoms with van der Waals surface area (Å²) in [7, 11) is 2.08. The summed E-state index contributed by atoms with van der Waals surface area (Å²) < 4.78 is 11.9. The van der Waals surface area contributed by atoms with E-state index in [1.807, 2.05) is 12.1 Å². The van der Waals surface area contributed by atoms with E-state index in [9.17, 15) is 0 Å². The Morgan fingerprint density at radius 2 is 2.06 bits per heavy atom. The Morgan fingerprint density at radius 3 is 2.69 bits per heavy atom. The molecule has 3 aromatic rings. The number of anilines is 3. The Hall–Kier alpha value is -3.14. The third kappa shape index (κ3) is 5.01. The van der Waals surface area contributed by atoms with Crippen LogP contribution in [-0.2, 0) is 6.42 Å². The number of nitrogen functional groups attached to an aromatic ring is 1.